The molecule has 6 nitrogen and oxygen atoms in total. The number of nitrogens with zero attached hydrogens (tertiary/aromatic N) is 3. The monoisotopic (exact) mass is 300 g/mol. The highest BCUT2D eigenvalue weighted by atomic mass is 16.5. The number of primary amides is 1. The Morgan fingerprint density at radius 1 is 1.36 bits per heavy atom. The van der Waals surface area contributed by atoms with Gasteiger partial charge in [0.05, 0.1) is 12.6 Å². The number of aromatic nitrogens is 2. The number of aryl methyl sites for hydroxylation is 1. The number of hydrogen-bond acceptors (Lipinski definition) is 5. The van der Waals surface area contributed by atoms with Crippen molar-refractivity contribution >= 4 is 5.91 Å². The van der Waals surface area contributed by atoms with Crippen molar-refractivity contribution in [3.8, 4) is 11.4 Å². The summed E-state index contributed by atoms with van der Waals surface area (Å²) in [5.74, 6) is 0.810. The van der Waals surface area contributed by atoms with Gasteiger partial charge in [0, 0.05) is 5.56 Å². The minimum Gasteiger partial charge on any atom is -0.368 e. The molecule has 3 rings (SSSR count). The Bertz CT molecular complexity index is 650. The van der Waals surface area contributed by atoms with E-state index in [1.807, 2.05) is 36.1 Å². The maximum Gasteiger partial charge on any atom is 0.241 e. The van der Waals surface area contributed by atoms with E-state index in [2.05, 4.69) is 10.1 Å². The van der Waals surface area contributed by atoms with E-state index in [0.717, 1.165) is 31.4 Å². The number of amides is 1. The van der Waals surface area contributed by atoms with Gasteiger partial charge in [0.1, 0.15) is 0 Å². The number of nitrogens with two attached hydrogens (primary N) is 1. The van der Waals surface area contributed by atoms with E-state index in [1.54, 1.807) is 0 Å². The van der Waals surface area contributed by atoms with E-state index in [9.17, 15) is 4.79 Å². The van der Waals surface area contributed by atoms with Crippen molar-refractivity contribution in [2.45, 2.75) is 38.8 Å². The molecule has 2 aromatic rings. The molecule has 1 amide bonds. The molecule has 116 valence electrons. The fraction of sp³-hybridized carbons (Fsp3) is 0.438. The van der Waals surface area contributed by atoms with Crippen LogP contribution in [0.25, 0.3) is 11.4 Å². The molecule has 1 fully saturated rings. The fourth-order valence-corrected chi connectivity index (χ4v) is 2.82. The number of carbonyl (C=O) groups is 1. The largest absolute Gasteiger partial charge is 0.368 e. The van der Waals surface area contributed by atoms with E-state index in [4.69, 9.17) is 10.3 Å². The molecule has 1 aromatic heterocycles. The minimum atomic E-state index is -0.280. The molecular weight excluding hydrogens is 280 g/mol. The van der Waals surface area contributed by atoms with Gasteiger partial charge in [-0.15, -0.1) is 0 Å². The Labute approximate surface area is 129 Å². The fourth-order valence-electron chi connectivity index (χ4n) is 2.82. The minimum absolute atomic E-state index is 0.233. The molecule has 2 N–H and O–H groups in total. The lowest BCUT2D eigenvalue weighted by Gasteiger charge is -2.32. The van der Waals surface area contributed by atoms with Gasteiger partial charge in [0.25, 0.3) is 0 Å². The lowest BCUT2D eigenvalue weighted by molar-refractivity contribution is -0.124. The van der Waals surface area contributed by atoms with Crippen molar-refractivity contribution in [1.29, 1.82) is 0 Å². The predicted molar refractivity (Wildman–Crippen MR) is 81.7 cm³/mol. The second-order valence-corrected chi connectivity index (χ2v) is 5.76. The van der Waals surface area contributed by atoms with Crippen molar-refractivity contribution in [2.75, 3.05) is 6.54 Å². The van der Waals surface area contributed by atoms with Gasteiger partial charge in [0.15, 0.2) is 0 Å². The highest BCUT2D eigenvalue weighted by Gasteiger charge is 2.28. The average Bonchev–Trinajstić information content (AvgIpc) is 2.97. The normalized spacial score (nSPS) is 19.2. The third-order valence-corrected chi connectivity index (χ3v) is 4.06. The first kappa shape index (κ1) is 14.7. The van der Waals surface area contributed by atoms with E-state index in [0.29, 0.717) is 18.3 Å². The maximum atomic E-state index is 11.5. The zero-order chi connectivity index (χ0) is 15.5. The van der Waals surface area contributed by atoms with Crippen LogP contribution in [0.4, 0.5) is 0 Å². The maximum absolute atomic E-state index is 11.5. The Morgan fingerprint density at radius 2 is 2.14 bits per heavy atom. The summed E-state index contributed by atoms with van der Waals surface area (Å²) < 4.78 is 5.33. The molecule has 1 saturated heterocycles. The predicted octanol–water partition coefficient (Wildman–Crippen LogP) is 1.88. The van der Waals surface area contributed by atoms with Gasteiger partial charge in [-0.05, 0) is 26.3 Å². The highest BCUT2D eigenvalue weighted by molar-refractivity contribution is 5.79. The van der Waals surface area contributed by atoms with Gasteiger partial charge in [-0.2, -0.15) is 4.98 Å². The summed E-state index contributed by atoms with van der Waals surface area (Å²) in [5.41, 5.74) is 7.58. The topological polar surface area (TPSA) is 85.3 Å². The van der Waals surface area contributed by atoms with Gasteiger partial charge in [-0.25, -0.2) is 0 Å². The molecule has 0 saturated carbocycles. The molecular formula is C16H20N4O2. The molecule has 1 aliphatic rings. The van der Waals surface area contributed by atoms with Crippen molar-refractivity contribution < 1.29 is 9.32 Å². The summed E-state index contributed by atoms with van der Waals surface area (Å²) in [6, 6.07) is 7.73. The standard InChI is InChI=1S/C16H20N4O2/c1-11-5-7-12(8-6-11)16-18-14(22-19-16)10-20-9-3-2-4-13(20)15(17)21/h5-8,13H,2-4,9-10H2,1H3,(H2,17,21). The van der Waals surface area contributed by atoms with Crippen molar-refractivity contribution in [2.24, 2.45) is 5.73 Å². The summed E-state index contributed by atoms with van der Waals surface area (Å²) >= 11 is 0. The van der Waals surface area contributed by atoms with Gasteiger partial charge in [-0.3, -0.25) is 9.69 Å². The number of likely N-dealkylation sites (tertiary alicyclic amines) is 1. The van der Waals surface area contributed by atoms with E-state index in [-0.39, 0.29) is 11.9 Å². The first-order valence-electron chi connectivity index (χ1n) is 7.56. The van der Waals surface area contributed by atoms with Gasteiger partial charge >= 0.3 is 0 Å². The summed E-state index contributed by atoms with van der Waals surface area (Å²) in [7, 11) is 0. The molecule has 0 spiro atoms. The molecule has 1 atom stereocenters. The summed E-state index contributed by atoms with van der Waals surface area (Å²) in [4.78, 5) is 18.0. The first-order valence-corrected chi connectivity index (χ1v) is 7.56. The van der Waals surface area contributed by atoms with Gasteiger partial charge in [-0.1, -0.05) is 41.4 Å². The summed E-state index contributed by atoms with van der Waals surface area (Å²) in [6.07, 6.45) is 2.89. The second kappa shape index (κ2) is 6.27. The van der Waals surface area contributed by atoms with Crippen LogP contribution in [0.1, 0.15) is 30.7 Å². The SMILES string of the molecule is Cc1ccc(-c2noc(CN3CCCCC3C(N)=O)n2)cc1. The lowest BCUT2D eigenvalue weighted by Crippen LogP contribution is -2.47. The van der Waals surface area contributed by atoms with E-state index < -0.39 is 0 Å². The number of hydrogen-bond donors (Lipinski definition) is 1. The van der Waals surface area contributed by atoms with Crippen LogP contribution in [0.3, 0.4) is 0 Å². The third kappa shape index (κ3) is 3.17. The van der Waals surface area contributed by atoms with Gasteiger partial charge < -0.3 is 10.3 Å². The van der Waals surface area contributed by atoms with Crippen LogP contribution in [0.15, 0.2) is 28.8 Å². The zero-order valence-corrected chi connectivity index (χ0v) is 12.7. The first-order chi connectivity index (χ1) is 10.6. The molecule has 1 aliphatic heterocycles. The Kier molecular flexibility index (Phi) is 4.20. The second-order valence-electron chi connectivity index (χ2n) is 5.76. The summed E-state index contributed by atoms with van der Waals surface area (Å²) in [6.45, 7) is 3.33. The summed E-state index contributed by atoms with van der Waals surface area (Å²) in [5, 5.41) is 4.02. The van der Waals surface area contributed by atoms with Crippen molar-refractivity contribution in [3.63, 3.8) is 0 Å². The van der Waals surface area contributed by atoms with Gasteiger partial charge in [0.2, 0.25) is 17.6 Å². The molecule has 1 unspecified atom stereocenters. The number of benzene rings is 1. The molecule has 0 bridgehead atoms. The van der Waals surface area contributed by atoms with E-state index in [1.165, 1.54) is 5.56 Å². The van der Waals surface area contributed by atoms with Crippen molar-refractivity contribution in [3.05, 3.63) is 35.7 Å². The zero-order valence-electron chi connectivity index (χ0n) is 12.7. The molecule has 6 heteroatoms. The Hall–Kier alpha value is -2.21. The molecule has 22 heavy (non-hydrogen) atoms. The third-order valence-electron chi connectivity index (χ3n) is 4.06. The highest BCUT2D eigenvalue weighted by Crippen LogP contribution is 2.21. The van der Waals surface area contributed by atoms with Crippen LogP contribution >= 0.6 is 0 Å². The van der Waals surface area contributed by atoms with Crippen LogP contribution < -0.4 is 5.73 Å². The number of piperidine rings is 1. The average molecular weight is 300 g/mol. The van der Waals surface area contributed by atoms with Crippen molar-refractivity contribution in [1.82, 2.24) is 15.0 Å². The van der Waals surface area contributed by atoms with Crippen LogP contribution in [0, 0.1) is 6.92 Å². The smallest absolute Gasteiger partial charge is 0.241 e. The molecule has 0 radical (unpaired) electrons. The quantitative estimate of drug-likeness (QED) is 0.932. The number of rotatable bonds is 4. The Balaban J connectivity index is 1.73. The van der Waals surface area contributed by atoms with Crippen LogP contribution in [-0.4, -0.2) is 33.5 Å². The van der Waals surface area contributed by atoms with Crippen LogP contribution in [-0.2, 0) is 11.3 Å². The molecule has 0 aliphatic carbocycles. The Morgan fingerprint density at radius 3 is 2.86 bits per heavy atom. The molecule has 1 aromatic carbocycles. The lowest BCUT2D eigenvalue weighted by atomic mass is 10.0. The van der Waals surface area contributed by atoms with Crippen LogP contribution in [0.5, 0.6) is 0 Å². The molecule has 2 heterocycles. The van der Waals surface area contributed by atoms with E-state index >= 15 is 0 Å². The van der Waals surface area contributed by atoms with Crippen LogP contribution in [0.2, 0.25) is 0 Å². The number of carbonyl (C=O) groups excluding carboxylic acids is 1.